The Hall–Kier alpha value is -6.04. The molecule has 0 amide bonds. The molecule has 3 aromatic carbocycles. The molecular weight excluding hydrogens is 612 g/mol. The number of hydrogen-bond acceptors (Lipinski definition) is 12. The zero-order valence-corrected chi connectivity index (χ0v) is 26.0. The van der Waals surface area contributed by atoms with Crippen LogP contribution in [0.1, 0.15) is 60.3 Å². The van der Waals surface area contributed by atoms with Gasteiger partial charge in [0, 0.05) is 22.8 Å². The quantitative estimate of drug-likeness (QED) is 0.134. The second kappa shape index (κ2) is 12.4. The number of ketones is 1. The molecule has 0 fully saturated rings. The van der Waals surface area contributed by atoms with Gasteiger partial charge in [0.1, 0.15) is 28.8 Å². The van der Waals surface area contributed by atoms with Crippen molar-refractivity contribution in [3.63, 3.8) is 0 Å². The summed E-state index contributed by atoms with van der Waals surface area (Å²) in [6.07, 6.45) is 1.43. The molecule has 0 saturated heterocycles. The highest BCUT2D eigenvalue weighted by Gasteiger charge is 2.40. The molecule has 0 bridgehead atoms. The fourth-order valence-electron chi connectivity index (χ4n) is 5.59. The molecule has 1 unspecified atom stereocenters. The molecule has 4 aromatic rings. The first-order valence-corrected chi connectivity index (χ1v) is 14.2. The van der Waals surface area contributed by atoms with Crippen molar-refractivity contribution < 1.29 is 56.8 Å². The van der Waals surface area contributed by atoms with Gasteiger partial charge in [-0.3, -0.25) is 9.59 Å². The zero-order valence-electron chi connectivity index (χ0n) is 26.0. The lowest BCUT2D eigenvalue weighted by molar-refractivity contribution is -0.135. The third-order valence-corrected chi connectivity index (χ3v) is 7.83. The average Bonchev–Trinajstić information content (AvgIpc) is 3.71. The van der Waals surface area contributed by atoms with Crippen molar-refractivity contribution in [1.29, 1.82) is 0 Å². The van der Waals surface area contributed by atoms with Crippen molar-refractivity contribution in [2.24, 2.45) is 0 Å². The maximum absolute atomic E-state index is 13.6. The summed E-state index contributed by atoms with van der Waals surface area (Å²) in [6, 6.07) is 14.1. The van der Waals surface area contributed by atoms with Gasteiger partial charge in [-0.1, -0.05) is 0 Å². The topological polar surface area (TPSA) is 146 Å². The van der Waals surface area contributed by atoms with Crippen LogP contribution in [0.2, 0.25) is 0 Å². The van der Waals surface area contributed by atoms with Crippen LogP contribution in [0.25, 0.3) is 17.4 Å². The fraction of sp³-hybridized carbons (Fsp3) is 0.200. The molecule has 0 aliphatic carbocycles. The molecule has 2 aliphatic heterocycles. The molecule has 12 heteroatoms. The summed E-state index contributed by atoms with van der Waals surface area (Å²) < 4.78 is 43.9. The minimum atomic E-state index is -0.693. The van der Waals surface area contributed by atoms with Crippen molar-refractivity contribution in [3.8, 4) is 40.1 Å². The van der Waals surface area contributed by atoms with Crippen LogP contribution in [-0.4, -0.2) is 59.2 Å². The first-order valence-electron chi connectivity index (χ1n) is 14.2. The van der Waals surface area contributed by atoms with Crippen LogP contribution < -0.4 is 23.7 Å². The molecule has 0 spiro atoms. The fourth-order valence-corrected chi connectivity index (χ4v) is 5.59. The Labute approximate surface area is 268 Å². The Kier molecular flexibility index (Phi) is 8.16. The number of carbonyl (C=O) groups is 4. The molecule has 12 nitrogen and oxygen atoms in total. The summed E-state index contributed by atoms with van der Waals surface area (Å²) in [5, 5.41) is 0. The molecule has 1 atom stereocenters. The molecule has 240 valence electrons. The monoisotopic (exact) mass is 640 g/mol. The van der Waals surface area contributed by atoms with E-state index in [1.165, 1.54) is 59.8 Å². The van der Waals surface area contributed by atoms with Crippen LogP contribution in [0.5, 0.6) is 28.7 Å². The van der Waals surface area contributed by atoms with Gasteiger partial charge in [-0.15, -0.1) is 0 Å². The number of allylic oxidation sites excluding steroid dienone is 1. The number of ether oxygens (including phenoxy) is 7. The van der Waals surface area contributed by atoms with Crippen LogP contribution in [0, 0.1) is 0 Å². The zero-order chi connectivity index (χ0) is 33.4. The first kappa shape index (κ1) is 31.0. The highest BCUT2D eigenvalue weighted by Crippen LogP contribution is 2.50. The van der Waals surface area contributed by atoms with E-state index < -0.39 is 23.8 Å². The lowest BCUT2D eigenvalue weighted by Crippen LogP contribution is -2.21. The summed E-state index contributed by atoms with van der Waals surface area (Å²) in [6.45, 7) is 0. The number of esters is 3. The van der Waals surface area contributed by atoms with Crippen molar-refractivity contribution in [2.75, 3.05) is 35.5 Å². The summed E-state index contributed by atoms with van der Waals surface area (Å²) in [4.78, 5) is 51.0. The van der Waals surface area contributed by atoms with E-state index in [0.717, 1.165) is 0 Å². The largest absolute Gasteiger partial charge is 0.496 e. The van der Waals surface area contributed by atoms with Gasteiger partial charge in [-0.2, -0.15) is 0 Å². The number of rotatable bonds is 8. The van der Waals surface area contributed by atoms with Crippen molar-refractivity contribution >= 4 is 29.8 Å². The Morgan fingerprint density at radius 2 is 1.43 bits per heavy atom. The number of carbonyl (C=O) groups excluding carboxylic acids is 4. The summed E-state index contributed by atoms with van der Waals surface area (Å²) in [7, 11) is 6.95. The lowest BCUT2D eigenvalue weighted by Gasteiger charge is -2.24. The van der Waals surface area contributed by atoms with Crippen LogP contribution >= 0.6 is 0 Å². The van der Waals surface area contributed by atoms with Gasteiger partial charge >= 0.3 is 17.9 Å². The van der Waals surface area contributed by atoms with E-state index in [4.69, 9.17) is 37.6 Å². The number of Topliss-reactive ketones (excluding diaryl/α,β-unsaturated/α-hetero) is 1. The standard InChI is InChI=1S/C35H28O12/c1-40-26-16-28(42-3)27(41-2)13-18(26)14-29-32(37)21-6-7-25-31(33(21)47-29)22(15-30(36)46-25)24-9-8-23(45-24)17-10-19(34(38)43-4)12-20(11-17)35(39)44-5/h6-14,16,22H,15H2,1-5H3/b29-14-. The van der Waals surface area contributed by atoms with Gasteiger partial charge in [0.2, 0.25) is 5.78 Å². The molecule has 0 saturated carbocycles. The maximum Gasteiger partial charge on any atom is 0.337 e. The van der Waals surface area contributed by atoms with Gasteiger partial charge < -0.3 is 37.6 Å². The Morgan fingerprint density at radius 3 is 2.06 bits per heavy atom. The second-order valence-electron chi connectivity index (χ2n) is 10.5. The van der Waals surface area contributed by atoms with E-state index in [-0.39, 0.29) is 46.2 Å². The van der Waals surface area contributed by atoms with Crippen molar-refractivity contribution in [1.82, 2.24) is 0 Å². The Balaban J connectivity index is 1.41. The van der Waals surface area contributed by atoms with E-state index in [0.29, 0.717) is 45.5 Å². The normalized spacial score (nSPS) is 15.7. The number of furan rings is 1. The minimum absolute atomic E-state index is 0.0182. The third-order valence-electron chi connectivity index (χ3n) is 7.83. The summed E-state index contributed by atoms with van der Waals surface area (Å²) in [5.41, 5.74) is 1.87. The summed E-state index contributed by atoms with van der Waals surface area (Å²) in [5.74, 6) is -0.444. The van der Waals surface area contributed by atoms with Gasteiger partial charge in [-0.05, 0) is 54.6 Å². The maximum atomic E-state index is 13.6. The van der Waals surface area contributed by atoms with Crippen LogP contribution in [-0.2, 0) is 14.3 Å². The smallest absolute Gasteiger partial charge is 0.337 e. The molecule has 2 aliphatic rings. The highest BCUT2D eigenvalue weighted by atomic mass is 16.5. The Morgan fingerprint density at radius 1 is 0.766 bits per heavy atom. The SMILES string of the molecule is COC(=O)c1cc(C(=O)OC)cc(-c2ccc(C3CC(=O)Oc4ccc5c(c43)O/C(=C\c3cc(OC)c(OC)cc3OC)C5=O)o2)c1. The number of methoxy groups -OCH3 is 5. The van der Waals surface area contributed by atoms with Gasteiger partial charge in [0.25, 0.3) is 0 Å². The number of fused-ring (bicyclic) bond motifs is 3. The molecule has 0 N–H and O–H groups in total. The third kappa shape index (κ3) is 5.54. The van der Waals surface area contributed by atoms with Gasteiger partial charge in [0.15, 0.2) is 17.3 Å². The van der Waals surface area contributed by atoms with E-state index >= 15 is 0 Å². The minimum Gasteiger partial charge on any atom is -0.496 e. The lowest BCUT2D eigenvalue weighted by atomic mass is 9.88. The Bertz CT molecular complexity index is 1950. The van der Waals surface area contributed by atoms with Crippen LogP contribution in [0.3, 0.4) is 0 Å². The van der Waals surface area contributed by atoms with Crippen molar-refractivity contribution in [2.45, 2.75) is 12.3 Å². The van der Waals surface area contributed by atoms with E-state index in [9.17, 15) is 19.2 Å². The van der Waals surface area contributed by atoms with Gasteiger partial charge in [0.05, 0.1) is 64.6 Å². The summed E-state index contributed by atoms with van der Waals surface area (Å²) >= 11 is 0. The van der Waals surface area contributed by atoms with Crippen LogP contribution in [0.4, 0.5) is 0 Å². The average molecular weight is 641 g/mol. The molecular formula is C35H28O12. The predicted molar refractivity (Wildman–Crippen MR) is 164 cm³/mol. The van der Waals surface area contributed by atoms with E-state index in [1.54, 1.807) is 36.4 Å². The highest BCUT2D eigenvalue weighted by molar-refractivity contribution is 6.15. The van der Waals surface area contributed by atoms with Gasteiger partial charge in [-0.25, -0.2) is 9.59 Å². The molecule has 47 heavy (non-hydrogen) atoms. The second-order valence-corrected chi connectivity index (χ2v) is 10.5. The molecule has 0 radical (unpaired) electrons. The van der Waals surface area contributed by atoms with Crippen molar-refractivity contribution in [3.05, 3.63) is 93.9 Å². The van der Waals surface area contributed by atoms with E-state index in [1.807, 2.05) is 0 Å². The predicted octanol–water partition coefficient (Wildman–Crippen LogP) is 5.60. The van der Waals surface area contributed by atoms with E-state index in [2.05, 4.69) is 0 Å². The molecule has 6 rings (SSSR count). The first-order chi connectivity index (χ1) is 22.7. The number of benzene rings is 3. The molecule has 3 heterocycles. The molecule has 1 aromatic heterocycles. The number of hydrogen-bond donors (Lipinski definition) is 0. The van der Waals surface area contributed by atoms with Crippen LogP contribution in [0.15, 0.2) is 64.8 Å².